The molecule has 1 aliphatic heterocycles. The number of carbonyl (C=O) groups excluding carboxylic acids is 2. The predicted molar refractivity (Wildman–Crippen MR) is 90.8 cm³/mol. The van der Waals surface area contributed by atoms with Gasteiger partial charge in [0, 0.05) is 0 Å². The summed E-state index contributed by atoms with van der Waals surface area (Å²) >= 11 is 0. The molecule has 2 rings (SSSR count). The number of guanidine groups is 1. The molecule has 124 valence electrons. The predicted octanol–water partition coefficient (Wildman–Crippen LogP) is 2.51. The average molecular weight is 316 g/mol. The van der Waals surface area contributed by atoms with Gasteiger partial charge in [-0.05, 0) is 31.4 Å². The van der Waals surface area contributed by atoms with Crippen molar-refractivity contribution in [2.45, 2.75) is 46.5 Å². The summed E-state index contributed by atoms with van der Waals surface area (Å²) in [6.45, 7) is 5.90. The molecule has 1 saturated heterocycles. The molecule has 6 heteroatoms. The minimum Gasteiger partial charge on any atom is -0.294 e. The number of nitrogens with one attached hydrogen (secondary N) is 3. The smallest absolute Gasteiger partial charge is 0.242 e. The molecular weight excluding hydrogens is 292 g/mol. The number of anilines is 1. The largest absolute Gasteiger partial charge is 0.294 e. The number of benzene rings is 1. The Balaban J connectivity index is 2.15. The van der Waals surface area contributed by atoms with Gasteiger partial charge in [0.1, 0.15) is 5.41 Å². The number of hydrazone groups is 1. The fraction of sp³-hybridized carbons (Fsp3) is 0.471. The average Bonchev–Trinajstić information content (AvgIpc) is 2.52. The number of amides is 2. The minimum atomic E-state index is -0.981. The van der Waals surface area contributed by atoms with Crippen LogP contribution in [0.15, 0.2) is 29.4 Å². The van der Waals surface area contributed by atoms with Crippen LogP contribution in [0.25, 0.3) is 0 Å². The lowest BCUT2D eigenvalue weighted by Crippen LogP contribution is -2.63. The van der Waals surface area contributed by atoms with Crippen LogP contribution >= 0.6 is 0 Å². The lowest BCUT2D eigenvalue weighted by atomic mass is 9.76. The molecule has 0 aliphatic carbocycles. The van der Waals surface area contributed by atoms with Gasteiger partial charge >= 0.3 is 0 Å². The third-order valence-electron chi connectivity index (χ3n) is 4.12. The first-order valence-corrected chi connectivity index (χ1v) is 8.05. The first-order valence-electron chi connectivity index (χ1n) is 8.05. The van der Waals surface area contributed by atoms with Crippen LogP contribution in [-0.2, 0) is 9.59 Å². The van der Waals surface area contributed by atoms with Crippen molar-refractivity contribution in [3.63, 3.8) is 0 Å². The van der Waals surface area contributed by atoms with Gasteiger partial charge in [0.05, 0.1) is 5.69 Å². The molecule has 23 heavy (non-hydrogen) atoms. The molecule has 2 amide bonds. The monoisotopic (exact) mass is 316 g/mol. The maximum Gasteiger partial charge on any atom is 0.242 e. The summed E-state index contributed by atoms with van der Waals surface area (Å²) in [5, 5.41) is 9.53. The molecule has 0 aromatic heterocycles. The van der Waals surface area contributed by atoms with Gasteiger partial charge in [-0.2, -0.15) is 0 Å². The number of nitrogens with zero attached hydrogens (tertiary/aromatic N) is 1. The SMILES string of the molecule is CCCC1(CCC)C(=O)NC(=NNc2ccccc2C)NC1=O. The van der Waals surface area contributed by atoms with Crippen molar-refractivity contribution in [1.29, 1.82) is 0 Å². The second-order valence-electron chi connectivity index (χ2n) is 5.88. The van der Waals surface area contributed by atoms with Crippen LogP contribution in [0.1, 0.15) is 45.1 Å². The highest BCUT2D eigenvalue weighted by Gasteiger charge is 2.48. The first-order chi connectivity index (χ1) is 11.0. The molecule has 1 aliphatic rings. The van der Waals surface area contributed by atoms with Crippen LogP contribution in [0.4, 0.5) is 5.69 Å². The Bertz CT molecular complexity index is 597. The standard InChI is InChI=1S/C17H24N4O2/c1-4-10-17(11-5-2)14(22)18-16(19-15(17)23)21-20-13-9-7-6-8-12(13)3/h6-9,20H,4-5,10-11H2,1-3H3,(H2,18,19,21,22,23). The third kappa shape index (κ3) is 3.52. The Hall–Kier alpha value is -2.37. The topological polar surface area (TPSA) is 82.6 Å². The van der Waals surface area contributed by atoms with Crippen LogP contribution in [0.5, 0.6) is 0 Å². The number of rotatable bonds is 6. The lowest BCUT2D eigenvalue weighted by molar-refractivity contribution is -0.144. The number of aryl methyl sites for hydroxylation is 1. The Kier molecular flexibility index (Phi) is 5.36. The summed E-state index contributed by atoms with van der Waals surface area (Å²) in [6.07, 6.45) is 2.62. The molecule has 1 heterocycles. The van der Waals surface area contributed by atoms with Crippen molar-refractivity contribution in [2.75, 3.05) is 5.43 Å². The number of hydrogen-bond donors (Lipinski definition) is 3. The normalized spacial score (nSPS) is 16.6. The van der Waals surface area contributed by atoms with E-state index in [-0.39, 0.29) is 17.8 Å². The molecule has 0 atom stereocenters. The van der Waals surface area contributed by atoms with Crippen LogP contribution in [0.3, 0.4) is 0 Å². The summed E-state index contributed by atoms with van der Waals surface area (Å²) in [4.78, 5) is 25.0. The van der Waals surface area contributed by atoms with Crippen LogP contribution in [0, 0.1) is 12.3 Å². The van der Waals surface area contributed by atoms with E-state index in [0.717, 1.165) is 24.1 Å². The molecule has 1 fully saturated rings. The van der Waals surface area contributed by atoms with Crippen molar-refractivity contribution in [2.24, 2.45) is 10.5 Å². The summed E-state index contributed by atoms with van der Waals surface area (Å²) in [6, 6.07) is 7.65. The fourth-order valence-electron chi connectivity index (χ4n) is 2.89. The van der Waals surface area contributed by atoms with Gasteiger partial charge in [-0.25, -0.2) is 0 Å². The zero-order valence-corrected chi connectivity index (χ0v) is 13.9. The lowest BCUT2D eigenvalue weighted by Gasteiger charge is -2.34. The zero-order chi connectivity index (χ0) is 16.9. The summed E-state index contributed by atoms with van der Waals surface area (Å²) in [5.41, 5.74) is 3.74. The van der Waals surface area contributed by atoms with E-state index in [9.17, 15) is 9.59 Å². The Morgan fingerprint density at radius 2 is 1.61 bits per heavy atom. The van der Waals surface area contributed by atoms with E-state index >= 15 is 0 Å². The van der Waals surface area contributed by atoms with Crippen molar-refractivity contribution < 1.29 is 9.59 Å². The van der Waals surface area contributed by atoms with E-state index in [4.69, 9.17) is 0 Å². The second-order valence-corrected chi connectivity index (χ2v) is 5.88. The van der Waals surface area contributed by atoms with E-state index in [2.05, 4.69) is 21.2 Å². The van der Waals surface area contributed by atoms with Gasteiger partial charge < -0.3 is 0 Å². The molecule has 3 N–H and O–H groups in total. The summed E-state index contributed by atoms with van der Waals surface area (Å²) in [5.74, 6) is -0.392. The Morgan fingerprint density at radius 3 is 2.13 bits per heavy atom. The number of para-hydroxylation sites is 1. The Morgan fingerprint density at radius 1 is 1.04 bits per heavy atom. The molecule has 0 radical (unpaired) electrons. The van der Waals surface area contributed by atoms with E-state index in [1.165, 1.54) is 0 Å². The van der Waals surface area contributed by atoms with Crippen molar-refractivity contribution in [3.05, 3.63) is 29.8 Å². The minimum absolute atomic E-state index is 0.145. The van der Waals surface area contributed by atoms with E-state index in [1.54, 1.807) is 0 Å². The fourth-order valence-corrected chi connectivity index (χ4v) is 2.89. The van der Waals surface area contributed by atoms with Crippen LogP contribution < -0.4 is 16.1 Å². The Labute approximate surface area is 136 Å². The highest BCUT2D eigenvalue weighted by Crippen LogP contribution is 2.32. The van der Waals surface area contributed by atoms with Crippen molar-refractivity contribution >= 4 is 23.5 Å². The summed E-state index contributed by atoms with van der Waals surface area (Å²) < 4.78 is 0. The van der Waals surface area contributed by atoms with Gasteiger partial charge in [-0.15, -0.1) is 5.10 Å². The van der Waals surface area contributed by atoms with Gasteiger partial charge in [-0.1, -0.05) is 44.9 Å². The van der Waals surface area contributed by atoms with Crippen molar-refractivity contribution in [1.82, 2.24) is 10.6 Å². The van der Waals surface area contributed by atoms with Crippen LogP contribution in [-0.4, -0.2) is 17.8 Å². The highest BCUT2D eigenvalue weighted by molar-refractivity contribution is 6.20. The third-order valence-corrected chi connectivity index (χ3v) is 4.12. The van der Waals surface area contributed by atoms with Crippen molar-refractivity contribution in [3.8, 4) is 0 Å². The molecule has 1 aromatic carbocycles. The number of carbonyl (C=O) groups is 2. The van der Waals surface area contributed by atoms with Gasteiger partial charge in [-0.3, -0.25) is 25.6 Å². The quantitative estimate of drug-likeness (QED) is 0.557. The van der Waals surface area contributed by atoms with Crippen LogP contribution in [0.2, 0.25) is 0 Å². The van der Waals surface area contributed by atoms with Gasteiger partial charge in [0.2, 0.25) is 17.8 Å². The highest BCUT2D eigenvalue weighted by atomic mass is 16.2. The van der Waals surface area contributed by atoms with E-state index < -0.39 is 5.41 Å². The maximum atomic E-state index is 12.5. The maximum absolute atomic E-state index is 12.5. The first kappa shape index (κ1) is 17.0. The molecular formula is C17H24N4O2. The molecule has 0 saturated carbocycles. The molecule has 0 unspecified atom stereocenters. The van der Waals surface area contributed by atoms with Gasteiger partial charge in [0.15, 0.2) is 0 Å². The second kappa shape index (κ2) is 7.26. The molecule has 0 bridgehead atoms. The summed E-state index contributed by atoms with van der Waals surface area (Å²) in [7, 11) is 0. The molecule has 6 nitrogen and oxygen atoms in total. The molecule has 1 aromatic rings. The van der Waals surface area contributed by atoms with E-state index in [1.807, 2.05) is 45.0 Å². The number of hydrogen-bond acceptors (Lipinski definition) is 4. The van der Waals surface area contributed by atoms with E-state index in [0.29, 0.717) is 12.8 Å². The zero-order valence-electron chi connectivity index (χ0n) is 13.9. The van der Waals surface area contributed by atoms with Gasteiger partial charge in [0.25, 0.3) is 0 Å². The molecule has 0 spiro atoms.